The molecule has 0 fully saturated rings. The normalized spacial score (nSPS) is 10.4. The molecule has 0 aromatic carbocycles. The van der Waals surface area contributed by atoms with Crippen molar-refractivity contribution in [1.82, 2.24) is 10.3 Å². The maximum absolute atomic E-state index is 11.5. The van der Waals surface area contributed by atoms with Crippen LogP contribution < -0.4 is 10.1 Å². The fourth-order valence-corrected chi connectivity index (χ4v) is 1.39. The van der Waals surface area contributed by atoms with Crippen molar-refractivity contribution in [3.63, 3.8) is 0 Å². The standard InChI is InChI=1S/C13H20N2O2/c1-9(2)5-6-17-12-8-11(13(16)14-4)7-10(3)15-12/h7-9H,5-6H2,1-4H3,(H,14,16). The number of carbonyl (C=O) groups excluding carboxylic acids is 1. The topological polar surface area (TPSA) is 51.2 Å². The van der Waals surface area contributed by atoms with Crippen molar-refractivity contribution in [2.24, 2.45) is 5.92 Å². The lowest BCUT2D eigenvalue weighted by molar-refractivity contribution is 0.0962. The summed E-state index contributed by atoms with van der Waals surface area (Å²) in [5, 5.41) is 2.59. The highest BCUT2D eigenvalue weighted by atomic mass is 16.5. The first-order valence-electron chi connectivity index (χ1n) is 5.86. The number of aromatic nitrogens is 1. The Morgan fingerprint density at radius 1 is 1.47 bits per heavy atom. The van der Waals surface area contributed by atoms with Gasteiger partial charge in [0.05, 0.1) is 6.61 Å². The average molecular weight is 236 g/mol. The Balaban J connectivity index is 2.72. The molecule has 17 heavy (non-hydrogen) atoms. The molecule has 1 amide bonds. The summed E-state index contributed by atoms with van der Waals surface area (Å²) in [6.45, 7) is 6.76. The van der Waals surface area contributed by atoms with Crippen LogP contribution in [0, 0.1) is 12.8 Å². The van der Waals surface area contributed by atoms with E-state index >= 15 is 0 Å². The van der Waals surface area contributed by atoms with Gasteiger partial charge in [-0.25, -0.2) is 4.98 Å². The first kappa shape index (κ1) is 13.5. The van der Waals surface area contributed by atoms with E-state index in [1.165, 1.54) is 0 Å². The molecule has 0 spiro atoms. The number of hydrogen-bond acceptors (Lipinski definition) is 3. The number of carbonyl (C=O) groups is 1. The zero-order valence-electron chi connectivity index (χ0n) is 10.9. The third-order valence-corrected chi connectivity index (χ3v) is 2.36. The number of amides is 1. The molecule has 0 aliphatic carbocycles. The number of nitrogens with zero attached hydrogens (tertiary/aromatic N) is 1. The van der Waals surface area contributed by atoms with E-state index < -0.39 is 0 Å². The Labute approximate surface area is 102 Å². The van der Waals surface area contributed by atoms with E-state index in [4.69, 9.17) is 4.74 Å². The van der Waals surface area contributed by atoms with E-state index in [9.17, 15) is 4.79 Å². The molecule has 1 aromatic heterocycles. The molecule has 0 aliphatic heterocycles. The van der Waals surface area contributed by atoms with Crippen molar-refractivity contribution < 1.29 is 9.53 Å². The molecule has 1 rings (SSSR count). The molecule has 0 radical (unpaired) electrons. The zero-order valence-corrected chi connectivity index (χ0v) is 10.9. The second-order valence-electron chi connectivity index (χ2n) is 4.45. The van der Waals surface area contributed by atoms with Crippen LogP contribution in [0.4, 0.5) is 0 Å². The molecule has 94 valence electrons. The number of pyridine rings is 1. The van der Waals surface area contributed by atoms with Crippen molar-refractivity contribution in [2.45, 2.75) is 27.2 Å². The van der Waals surface area contributed by atoms with Crippen molar-refractivity contribution in [3.8, 4) is 5.88 Å². The van der Waals surface area contributed by atoms with Crippen LogP contribution in [-0.4, -0.2) is 24.5 Å². The van der Waals surface area contributed by atoms with E-state index in [0.29, 0.717) is 24.0 Å². The molecule has 4 nitrogen and oxygen atoms in total. The van der Waals surface area contributed by atoms with E-state index in [1.807, 2.05) is 6.92 Å². The van der Waals surface area contributed by atoms with Crippen molar-refractivity contribution in [2.75, 3.05) is 13.7 Å². The summed E-state index contributed by atoms with van der Waals surface area (Å²) < 4.78 is 5.54. The highest BCUT2D eigenvalue weighted by Crippen LogP contribution is 2.13. The van der Waals surface area contributed by atoms with E-state index in [0.717, 1.165) is 12.1 Å². The maximum Gasteiger partial charge on any atom is 0.251 e. The molecule has 0 saturated heterocycles. The maximum atomic E-state index is 11.5. The molecule has 0 aliphatic rings. The highest BCUT2D eigenvalue weighted by Gasteiger charge is 2.07. The minimum atomic E-state index is -0.121. The second kappa shape index (κ2) is 6.23. The number of nitrogens with one attached hydrogen (secondary N) is 1. The lowest BCUT2D eigenvalue weighted by Gasteiger charge is -2.09. The Morgan fingerprint density at radius 2 is 2.18 bits per heavy atom. The Morgan fingerprint density at radius 3 is 2.76 bits per heavy atom. The largest absolute Gasteiger partial charge is 0.478 e. The van der Waals surface area contributed by atoms with Gasteiger partial charge in [-0.2, -0.15) is 0 Å². The summed E-state index contributed by atoms with van der Waals surface area (Å²) >= 11 is 0. The fraction of sp³-hybridized carbons (Fsp3) is 0.538. The van der Waals surface area contributed by atoms with Crippen LogP contribution in [0.5, 0.6) is 5.88 Å². The van der Waals surface area contributed by atoms with Gasteiger partial charge in [0, 0.05) is 24.4 Å². The molecular formula is C13H20N2O2. The van der Waals surface area contributed by atoms with Gasteiger partial charge in [-0.1, -0.05) is 13.8 Å². The molecule has 4 heteroatoms. The molecule has 0 bridgehead atoms. The summed E-state index contributed by atoms with van der Waals surface area (Å²) in [5.74, 6) is 0.992. The SMILES string of the molecule is CNC(=O)c1cc(C)nc(OCCC(C)C)c1. The first-order chi connectivity index (χ1) is 8.02. The minimum absolute atomic E-state index is 0.121. The monoisotopic (exact) mass is 236 g/mol. The zero-order chi connectivity index (χ0) is 12.8. The average Bonchev–Trinajstić information content (AvgIpc) is 2.26. The van der Waals surface area contributed by atoms with Gasteiger partial charge in [-0.3, -0.25) is 4.79 Å². The predicted octanol–water partition coefficient (Wildman–Crippen LogP) is 2.17. The molecule has 0 unspecified atom stereocenters. The summed E-state index contributed by atoms with van der Waals surface area (Å²) in [6.07, 6.45) is 0.977. The van der Waals surface area contributed by atoms with Gasteiger partial charge in [0.25, 0.3) is 5.91 Å². The number of aryl methyl sites for hydroxylation is 1. The van der Waals surface area contributed by atoms with Crippen molar-refractivity contribution >= 4 is 5.91 Å². The molecule has 1 heterocycles. The Hall–Kier alpha value is -1.58. The van der Waals surface area contributed by atoms with Gasteiger partial charge in [0.15, 0.2) is 0 Å². The lowest BCUT2D eigenvalue weighted by Crippen LogP contribution is -2.18. The van der Waals surface area contributed by atoms with Crippen LogP contribution in [0.3, 0.4) is 0 Å². The van der Waals surface area contributed by atoms with Gasteiger partial charge in [-0.05, 0) is 25.3 Å². The summed E-state index contributed by atoms with van der Waals surface area (Å²) in [7, 11) is 1.61. The number of ether oxygens (including phenoxy) is 1. The quantitative estimate of drug-likeness (QED) is 0.852. The highest BCUT2D eigenvalue weighted by molar-refractivity contribution is 5.94. The van der Waals surface area contributed by atoms with Gasteiger partial charge in [0.1, 0.15) is 0 Å². The predicted molar refractivity (Wildman–Crippen MR) is 67.3 cm³/mol. The minimum Gasteiger partial charge on any atom is -0.478 e. The van der Waals surface area contributed by atoms with Crippen LogP contribution in [0.2, 0.25) is 0 Å². The Bertz CT molecular complexity index is 389. The van der Waals surface area contributed by atoms with E-state index in [1.54, 1.807) is 19.2 Å². The molecule has 0 saturated carbocycles. The van der Waals surface area contributed by atoms with E-state index in [-0.39, 0.29) is 5.91 Å². The van der Waals surface area contributed by atoms with Gasteiger partial charge < -0.3 is 10.1 Å². The third kappa shape index (κ3) is 4.43. The van der Waals surface area contributed by atoms with Crippen molar-refractivity contribution in [3.05, 3.63) is 23.4 Å². The van der Waals surface area contributed by atoms with Crippen LogP contribution >= 0.6 is 0 Å². The van der Waals surface area contributed by atoms with Gasteiger partial charge in [-0.15, -0.1) is 0 Å². The molecular weight excluding hydrogens is 216 g/mol. The first-order valence-corrected chi connectivity index (χ1v) is 5.86. The van der Waals surface area contributed by atoms with Crippen molar-refractivity contribution in [1.29, 1.82) is 0 Å². The van der Waals surface area contributed by atoms with Crippen LogP contribution in [0.1, 0.15) is 36.3 Å². The summed E-state index contributed by atoms with van der Waals surface area (Å²) in [4.78, 5) is 15.8. The molecule has 1 N–H and O–H groups in total. The van der Waals surface area contributed by atoms with Gasteiger partial charge >= 0.3 is 0 Å². The smallest absolute Gasteiger partial charge is 0.251 e. The molecule has 0 atom stereocenters. The fourth-order valence-electron chi connectivity index (χ4n) is 1.39. The van der Waals surface area contributed by atoms with Crippen LogP contribution in [0.15, 0.2) is 12.1 Å². The van der Waals surface area contributed by atoms with E-state index in [2.05, 4.69) is 24.1 Å². The number of rotatable bonds is 5. The number of hydrogen-bond donors (Lipinski definition) is 1. The van der Waals surface area contributed by atoms with Crippen LogP contribution in [-0.2, 0) is 0 Å². The molecule has 1 aromatic rings. The summed E-state index contributed by atoms with van der Waals surface area (Å²) in [6, 6.07) is 3.42. The Kier molecular flexibility index (Phi) is 4.94. The van der Waals surface area contributed by atoms with Crippen LogP contribution in [0.25, 0.3) is 0 Å². The summed E-state index contributed by atoms with van der Waals surface area (Å²) in [5.41, 5.74) is 1.37. The second-order valence-corrected chi connectivity index (χ2v) is 4.45. The third-order valence-electron chi connectivity index (χ3n) is 2.36. The lowest BCUT2D eigenvalue weighted by atomic mass is 10.1. The van der Waals surface area contributed by atoms with Gasteiger partial charge in [0.2, 0.25) is 5.88 Å².